The molecular weight excluding hydrogens is 384 g/mol. The Morgan fingerprint density at radius 3 is 2.52 bits per heavy atom. The number of carbonyl (C=O) groups excluding carboxylic acids is 2. The summed E-state index contributed by atoms with van der Waals surface area (Å²) in [5.41, 5.74) is -0.276. The number of hydrogen-bond donors (Lipinski definition) is 1. The zero-order valence-corrected chi connectivity index (χ0v) is 15.4. The predicted molar refractivity (Wildman–Crippen MR) is 95.4 cm³/mol. The Morgan fingerprint density at radius 1 is 1.28 bits per heavy atom. The lowest BCUT2D eigenvalue weighted by molar-refractivity contribution is -0.119. The first kappa shape index (κ1) is 19.9. The fraction of sp³-hybridized carbons (Fsp3) is 0.211. The van der Waals surface area contributed by atoms with E-state index in [0.717, 1.165) is 12.1 Å². The summed E-state index contributed by atoms with van der Waals surface area (Å²) >= 11 is 0. The Kier molecular flexibility index (Phi) is 5.50. The highest BCUT2D eigenvalue weighted by molar-refractivity contribution is 5.96. The van der Waals surface area contributed by atoms with Crippen molar-refractivity contribution >= 4 is 11.7 Å². The van der Waals surface area contributed by atoms with E-state index in [9.17, 15) is 18.4 Å². The average molecular weight is 399 g/mol. The topological polar surface area (TPSA) is 114 Å². The molecule has 0 fully saturated rings. The van der Waals surface area contributed by atoms with E-state index in [2.05, 4.69) is 20.1 Å². The number of nitriles is 1. The van der Waals surface area contributed by atoms with Gasteiger partial charge in [-0.3, -0.25) is 14.3 Å². The lowest BCUT2D eigenvalue weighted by Gasteiger charge is -2.22. The third kappa shape index (κ3) is 4.03. The number of nitrogens with zero attached hydrogens (tertiary/aromatic N) is 4. The summed E-state index contributed by atoms with van der Waals surface area (Å²) in [5.74, 6) is -2.89. The standard InChI is InChI=1S/C19H15F2N5O3/c1-10(18(11(2)27)23-19(28)17-4-6-29-25-17)26-5-3-16(24-26)12-7-14(20)13(9-22)15(21)8-12/h3-8,10,18H,1-2H3,(H,23,28)/t10-,18-/m1/s1. The van der Waals surface area contributed by atoms with Gasteiger partial charge in [0.25, 0.3) is 5.91 Å². The second kappa shape index (κ2) is 8.02. The van der Waals surface area contributed by atoms with Crippen molar-refractivity contribution in [3.8, 4) is 17.3 Å². The molecule has 0 aliphatic carbocycles. The van der Waals surface area contributed by atoms with Gasteiger partial charge in [-0.15, -0.1) is 0 Å². The van der Waals surface area contributed by atoms with Crippen LogP contribution in [0.25, 0.3) is 11.3 Å². The Labute approximate surface area is 163 Å². The van der Waals surface area contributed by atoms with Gasteiger partial charge < -0.3 is 9.84 Å². The quantitative estimate of drug-likeness (QED) is 0.682. The molecule has 0 aliphatic rings. The first-order valence-electron chi connectivity index (χ1n) is 8.48. The van der Waals surface area contributed by atoms with Crippen LogP contribution in [-0.2, 0) is 4.79 Å². The van der Waals surface area contributed by atoms with Crippen LogP contribution in [0.4, 0.5) is 8.78 Å². The molecule has 1 aromatic carbocycles. The smallest absolute Gasteiger partial charge is 0.274 e. The minimum atomic E-state index is -0.994. The zero-order valence-electron chi connectivity index (χ0n) is 15.4. The Morgan fingerprint density at radius 2 is 1.97 bits per heavy atom. The van der Waals surface area contributed by atoms with Crippen molar-refractivity contribution in [2.24, 2.45) is 0 Å². The number of aromatic nitrogens is 3. The Balaban J connectivity index is 1.85. The normalized spacial score (nSPS) is 12.8. The highest BCUT2D eigenvalue weighted by Crippen LogP contribution is 2.24. The van der Waals surface area contributed by atoms with Crippen LogP contribution in [0.1, 0.15) is 35.9 Å². The van der Waals surface area contributed by atoms with E-state index in [1.807, 2.05) is 0 Å². The van der Waals surface area contributed by atoms with Crippen LogP contribution >= 0.6 is 0 Å². The molecule has 0 aliphatic heterocycles. The lowest BCUT2D eigenvalue weighted by atomic mass is 10.1. The molecule has 29 heavy (non-hydrogen) atoms. The van der Waals surface area contributed by atoms with Crippen molar-refractivity contribution < 1.29 is 22.9 Å². The molecule has 8 nitrogen and oxygen atoms in total. The predicted octanol–water partition coefficient (Wildman–Crippen LogP) is 2.64. The van der Waals surface area contributed by atoms with Gasteiger partial charge in [-0.1, -0.05) is 5.16 Å². The van der Waals surface area contributed by atoms with Crippen molar-refractivity contribution in [1.82, 2.24) is 20.3 Å². The number of benzene rings is 1. The maximum atomic E-state index is 13.9. The van der Waals surface area contributed by atoms with E-state index in [1.54, 1.807) is 6.92 Å². The molecule has 1 amide bonds. The fourth-order valence-electron chi connectivity index (χ4n) is 2.81. The first-order valence-corrected chi connectivity index (χ1v) is 8.48. The molecule has 1 N–H and O–H groups in total. The molecule has 0 bridgehead atoms. The summed E-state index contributed by atoms with van der Waals surface area (Å²) in [4.78, 5) is 24.3. The molecule has 3 aromatic rings. The highest BCUT2D eigenvalue weighted by Gasteiger charge is 2.27. The van der Waals surface area contributed by atoms with E-state index < -0.39 is 35.2 Å². The van der Waals surface area contributed by atoms with Gasteiger partial charge in [0, 0.05) is 17.8 Å². The number of nitrogens with one attached hydrogen (secondary N) is 1. The number of hydrogen-bond acceptors (Lipinski definition) is 6. The maximum Gasteiger partial charge on any atom is 0.274 e. The monoisotopic (exact) mass is 399 g/mol. The number of carbonyl (C=O) groups is 2. The molecule has 2 atom stereocenters. The van der Waals surface area contributed by atoms with Gasteiger partial charge in [0.1, 0.15) is 35.6 Å². The average Bonchev–Trinajstić information content (AvgIpc) is 3.36. The molecule has 148 valence electrons. The van der Waals surface area contributed by atoms with Crippen LogP contribution in [0.5, 0.6) is 0 Å². The SMILES string of the molecule is CC(=O)[C@H](NC(=O)c1ccon1)[C@@H](C)n1ccc(-c2cc(F)c(C#N)c(F)c2)n1. The van der Waals surface area contributed by atoms with Gasteiger partial charge in [0.15, 0.2) is 11.5 Å². The van der Waals surface area contributed by atoms with Crippen LogP contribution < -0.4 is 5.32 Å². The summed E-state index contributed by atoms with van der Waals surface area (Å²) in [7, 11) is 0. The molecule has 3 rings (SSSR count). The van der Waals surface area contributed by atoms with E-state index >= 15 is 0 Å². The van der Waals surface area contributed by atoms with Crippen molar-refractivity contribution in [3.63, 3.8) is 0 Å². The van der Waals surface area contributed by atoms with E-state index in [0.29, 0.717) is 0 Å². The van der Waals surface area contributed by atoms with Crippen molar-refractivity contribution in [2.45, 2.75) is 25.9 Å². The van der Waals surface area contributed by atoms with Gasteiger partial charge in [-0.25, -0.2) is 8.78 Å². The maximum absolute atomic E-state index is 13.9. The molecule has 0 radical (unpaired) electrons. The van der Waals surface area contributed by atoms with Gasteiger partial charge >= 0.3 is 0 Å². The molecule has 0 spiro atoms. The molecule has 0 unspecified atom stereocenters. The highest BCUT2D eigenvalue weighted by atomic mass is 19.1. The molecular formula is C19H15F2N5O3. The molecule has 0 saturated heterocycles. The number of amides is 1. The molecule has 10 heteroatoms. The second-order valence-electron chi connectivity index (χ2n) is 6.29. The third-order valence-corrected chi connectivity index (χ3v) is 4.35. The lowest BCUT2D eigenvalue weighted by Crippen LogP contribution is -2.45. The summed E-state index contributed by atoms with van der Waals surface area (Å²) < 4.78 is 33.8. The number of rotatable bonds is 6. The van der Waals surface area contributed by atoms with Crippen LogP contribution in [-0.4, -0.2) is 32.7 Å². The molecule has 2 heterocycles. The van der Waals surface area contributed by atoms with E-state index in [4.69, 9.17) is 5.26 Å². The van der Waals surface area contributed by atoms with Gasteiger partial charge in [-0.2, -0.15) is 10.4 Å². The van der Waals surface area contributed by atoms with Crippen molar-refractivity contribution in [3.05, 3.63) is 59.6 Å². The second-order valence-corrected chi connectivity index (χ2v) is 6.29. The number of Topliss-reactive ketones (excluding diaryl/α,β-unsaturated/α-hetero) is 1. The van der Waals surface area contributed by atoms with Gasteiger partial charge in [0.2, 0.25) is 0 Å². The van der Waals surface area contributed by atoms with Crippen molar-refractivity contribution in [1.29, 1.82) is 5.26 Å². The Hall–Kier alpha value is -3.87. The summed E-state index contributed by atoms with van der Waals surface area (Å²) in [5, 5.41) is 19.1. The van der Waals surface area contributed by atoms with Gasteiger partial charge in [0.05, 0.1) is 11.7 Å². The number of halogens is 2. The molecule has 0 saturated carbocycles. The number of ketones is 1. The summed E-state index contributed by atoms with van der Waals surface area (Å²) in [6.45, 7) is 2.98. The van der Waals surface area contributed by atoms with Gasteiger partial charge in [-0.05, 0) is 32.0 Å². The largest absolute Gasteiger partial charge is 0.364 e. The summed E-state index contributed by atoms with van der Waals surface area (Å²) in [6.07, 6.45) is 2.75. The molecule has 2 aromatic heterocycles. The summed E-state index contributed by atoms with van der Waals surface area (Å²) in [6, 6.07) is 4.80. The van der Waals surface area contributed by atoms with Crippen LogP contribution in [0.15, 0.2) is 41.2 Å². The van der Waals surface area contributed by atoms with Crippen LogP contribution in [0.2, 0.25) is 0 Å². The van der Waals surface area contributed by atoms with E-state index in [1.165, 1.54) is 42.3 Å². The first-order chi connectivity index (χ1) is 13.8. The van der Waals surface area contributed by atoms with Crippen LogP contribution in [0, 0.1) is 23.0 Å². The Bertz CT molecular complexity index is 1080. The van der Waals surface area contributed by atoms with Crippen molar-refractivity contribution in [2.75, 3.05) is 0 Å². The van der Waals surface area contributed by atoms with E-state index in [-0.39, 0.29) is 22.7 Å². The fourth-order valence-corrected chi connectivity index (χ4v) is 2.81. The third-order valence-electron chi connectivity index (χ3n) is 4.35. The van der Waals surface area contributed by atoms with Crippen LogP contribution in [0.3, 0.4) is 0 Å². The zero-order chi connectivity index (χ0) is 21.1. The minimum absolute atomic E-state index is 0.0214. The minimum Gasteiger partial charge on any atom is -0.364 e.